The van der Waals surface area contributed by atoms with Crippen molar-refractivity contribution in [3.63, 3.8) is 0 Å². The average Bonchev–Trinajstić information content (AvgIpc) is 2.75. The lowest BCUT2D eigenvalue weighted by Crippen LogP contribution is -2.59. The summed E-state index contributed by atoms with van der Waals surface area (Å²) in [5.41, 5.74) is 11.1. The second kappa shape index (κ2) is 14.8. The molecule has 9 N–H and O–H groups in total. The Bertz CT molecular complexity index is 757. The summed E-state index contributed by atoms with van der Waals surface area (Å²) in [5.74, 6) is -6.19. The van der Waals surface area contributed by atoms with E-state index in [1.807, 2.05) is 6.92 Å². The molecule has 0 aliphatic heterocycles. The van der Waals surface area contributed by atoms with Crippen LogP contribution in [0.5, 0.6) is 0 Å². The molecule has 0 aromatic heterocycles. The fourth-order valence-electron chi connectivity index (χ4n) is 2.91. The molecule has 13 heteroatoms. The van der Waals surface area contributed by atoms with Crippen LogP contribution >= 0.6 is 0 Å². The van der Waals surface area contributed by atoms with E-state index in [-0.39, 0.29) is 25.2 Å². The molecule has 194 valence electrons. The van der Waals surface area contributed by atoms with E-state index in [0.717, 1.165) is 0 Å². The van der Waals surface area contributed by atoms with Crippen LogP contribution in [0, 0.1) is 11.8 Å². The van der Waals surface area contributed by atoms with Crippen molar-refractivity contribution >= 4 is 35.6 Å². The summed E-state index contributed by atoms with van der Waals surface area (Å²) >= 11 is 0. The minimum atomic E-state index is -1.52. The van der Waals surface area contributed by atoms with Gasteiger partial charge < -0.3 is 37.6 Å². The highest BCUT2D eigenvalue weighted by Gasteiger charge is 2.32. The van der Waals surface area contributed by atoms with Gasteiger partial charge in [0.15, 0.2) is 0 Å². The molecule has 0 radical (unpaired) electrons. The number of primary amides is 1. The molecule has 0 spiro atoms. The average molecular weight is 488 g/mol. The fourth-order valence-corrected chi connectivity index (χ4v) is 2.91. The van der Waals surface area contributed by atoms with Crippen molar-refractivity contribution in [3.8, 4) is 0 Å². The minimum Gasteiger partial charge on any atom is -0.481 e. The summed E-state index contributed by atoms with van der Waals surface area (Å²) in [4.78, 5) is 71.5. The van der Waals surface area contributed by atoms with Crippen LogP contribution in [-0.4, -0.2) is 69.9 Å². The molecule has 0 heterocycles. The standard InChI is InChI=1S/C21H37N5O8/c1-5-11(4)16(23)19(31)26-17(10(2)3)20(32)24-12(6-8-14(22)27)18(30)25-13(21(33)34)7-9-15(28)29/h10-13,16-17H,5-9,23H2,1-4H3,(H2,22,27)(H,24,32)(H,25,30)(H,26,31)(H,28,29)(H,33,34). The third-order valence-corrected chi connectivity index (χ3v) is 5.38. The first-order valence-corrected chi connectivity index (χ1v) is 11.1. The molecular weight excluding hydrogens is 450 g/mol. The number of hydrogen-bond donors (Lipinski definition) is 7. The Hall–Kier alpha value is -3.22. The van der Waals surface area contributed by atoms with Crippen molar-refractivity contribution in [2.45, 2.75) is 84.0 Å². The van der Waals surface area contributed by atoms with Crippen LogP contribution in [0.3, 0.4) is 0 Å². The molecule has 0 aliphatic rings. The topological polar surface area (TPSA) is 231 Å². The molecule has 0 saturated heterocycles. The highest BCUT2D eigenvalue weighted by Crippen LogP contribution is 2.09. The maximum atomic E-state index is 12.9. The van der Waals surface area contributed by atoms with Crippen LogP contribution in [0.15, 0.2) is 0 Å². The Labute approximate surface area is 198 Å². The third-order valence-electron chi connectivity index (χ3n) is 5.38. The first-order valence-electron chi connectivity index (χ1n) is 11.1. The number of hydrogen-bond acceptors (Lipinski definition) is 7. The molecule has 0 aromatic rings. The van der Waals surface area contributed by atoms with E-state index < -0.39 is 72.1 Å². The van der Waals surface area contributed by atoms with E-state index in [9.17, 15) is 33.9 Å². The summed E-state index contributed by atoms with van der Waals surface area (Å²) in [7, 11) is 0. The lowest BCUT2D eigenvalue weighted by Gasteiger charge is -2.27. The summed E-state index contributed by atoms with van der Waals surface area (Å²) < 4.78 is 0. The van der Waals surface area contributed by atoms with Gasteiger partial charge in [0.1, 0.15) is 18.1 Å². The van der Waals surface area contributed by atoms with Crippen molar-refractivity contribution in [1.82, 2.24) is 16.0 Å². The smallest absolute Gasteiger partial charge is 0.326 e. The maximum Gasteiger partial charge on any atom is 0.326 e. The van der Waals surface area contributed by atoms with Crippen molar-refractivity contribution in [2.24, 2.45) is 23.3 Å². The number of amides is 4. The maximum absolute atomic E-state index is 12.9. The second-order valence-corrected chi connectivity index (χ2v) is 8.54. The molecule has 13 nitrogen and oxygen atoms in total. The Balaban J connectivity index is 5.55. The van der Waals surface area contributed by atoms with Crippen LogP contribution in [0.2, 0.25) is 0 Å². The molecule has 0 fully saturated rings. The van der Waals surface area contributed by atoms with Crippen LogP contribution < -0.4 is 27.4 Å². The molecule has 0 aliphatic carbocycles. The van der Waals surface area contributed by atoms with Crippen molar-refractivity contribution in [3.05, 3.63) is 0 Å². The molecule has 34 heavy (non-hydrogen) atoms. The Morgan fingerprint density at radius 1 is 0.794 bits per heavy atom. The molecular formula is C21H37N5O8. The number of nitrogens with one attached hydrogen (secondary N) is 3. The Kier molecular flexibility index (Phi) is 13.4. The molecule has 4 amide bonds. The lowest BCUT2D eigenvalue weighted by atomic mass is 9.97. The summed E-state index contributed by atoms with van der Waals surface area (Å²) in [6.07, 6.45) is -0.764. The van der Waals surface area contributed by atoms with E-state index >= 15 is 0 Å². The number of carboxylic acid groups (broad SMARTS) is 2. The van der Waals surface area contributed by atoms with Gasteiger partial charge >= 0.3 is 11.9 Å². The Morgan fingerprint density at radius 2 is 1.32 bits per heavy atom. The van der Waals surface area contributed by atoms with Crippen LogP contribution in [0.25, 0.3) is 0 Å². The van der Waals surface area contributed by atoms with Gasteiger partial charge in [0.2, 0.25) is 23.6 Å². The molecule has 0 rings (SSSR count). The normalized spacial score (nSPS) is 15.4. The van der Waals surface area contributed by atoms with Gasteiger partial charge in [-0.1, -0.05) is 34.1 Å². The summed E-state index contributed by atoms with van der Waals surface area (Å²) in [5, 5.41) is 25.2. The van der Waals surface area contributed by atoms with Gasteiger partial charge in [0.05, 0.1) is 6.04 Å². The number of carboxylic acids is 2. The number of nitrogens with two attached hydrogens (primary N) is 2. The van der Waals surface area contributed by atoms with Crippen LogP contribution in [0.1, 0.15) is 59.8 Å². The van der Waals surface area contributed by atoms with E-state index in [4.69, 9.17) is 16.6 Å². The highest BCUT2D eigenvalue weighted by molar-refractivity contribution is 5.94. The third kappa shape index (κ3) is 11.1. The second-order valence-electron chi connectivity index (χ2n) is 8.54. The molecule has 0 saturated carbocycles. The monoisotopic (exact) mass is 487 g/mol. The molecule has 0 aromatic carbocycles. The zero-order valence-electron chi connectivity index (χ0n) is 20.0. The molecule has 0 bridgehead atoms. The SMILES string of the molecule is CCC(C)C(N)C(=O)NC(C(=O)NC(CCC(N)=O)C(=O)NC(CCC(=O)O)C(=O)O)C(C)C. The summed E-state index contributed by atoms with van der Waals surface area (Å²) in [6, 6.07) is -4.79. The number of carbonyl (C=O) groups excluding carboxylic acids is 4. The number of aliphatic carboxylic acids is 2. The predicted molar refractivity (Wildman–Crippen MR) is 121 cm³/mol. The zero-order chi connectivity index (χ0) is 26.6. The van der Waals surface area contributed by atoms with E-state index in [1.54, 1.807) is 20.8 Å². The van der Waals surface area contributed by atoms with Gasteiger partial charge in [-0.3, -0.25) is 24.0 Å². The van der Waals surface area contributed by atoms with Crippen LogP contribution in [0.4, 0.5) is 0 Å². The molecule has 5 unspecified atom stereocenters. The minimum absolute atomic E-state index is 0.135. The van der Waals surface area contributed by atoms with E-state index in [1.165, 1.54) is 0 Å². The largest absolute Gasteiger partial charge is 0.481 e. The Morgan fingerprint density at radius 3 is 1.76 bits per heavy atom. The zero-order valence-corrected chi connectivity index (χ0v) is 20.0. The van der Waals surface area contributed by atoms with Crippen molar-refractivity contribution < 1.29 is 39.0 Å². The first-order chi connectivity index (χ1) is 15.7. The van der Waals surface area contributed by atoms with Crippen molar-refractivity contribution in [2.75, 3.05) is 0 Å². The fraction of sp³-hybridized carbons (Fsp3) is 0.714. The van der Waals surface area contributed by atoms with Gasteiger partial charge in [0, 0.05) is 12.8 Å². The van der Waals surface area contributed by atoms with Gasteiger partial charge in [-0.05, 0) is 24.7 Å². The quantitative estimate of drug-likeness (QED) is 0.137. The van der Waals surface area contributed by atoms with Crippen molar-refractivity contribution in [1.29, 1.82) is 0 Å². The lowest BCUT2D eigenvalue weighted by molar-refractivity contribution is -0.143. The van der Waals surface area contributed by atoms with Gasteiger partial charge in [0.25, 0.3) is 0 Å². The first kappa shape index (κ1) is 30.8. The predicted octanol–water partition coefficient (Wildman–Crippen LogP) is -1.31. The van der Waals surface area contributed by atoms with Crippen LogP contribution in [-0.2, 0) is 28.8 Å². The van der Waals surface area contributed by atoms with E-state index in [0.29, 0.717) is 6.42 Å². The van der Waals surface area contributed by atoms with Gasteiger partial charge in [-0.25, -0.2) is 4.79 Å². The summed E-state index contributed by atoms with van der Waals surface area (Å²) in [6.45, 7) is 7.00. The van der Waals surface area contributed by atoms with Gasteiger partial charge in [-0.2, -0.15) is 0 Å². The van der Waals surface area contributed by atoms with E-state index in [2.05, 4.69) is 16.0 Å². The molecule has 5 atom stereocenters. The number of carbonyl (C=O) groups is 6. The number of rotatable bonds is 16. The van der Waals surface area contributed by atoms with Gasteiger partial charge in [-0.15, -0.1) is 0 Å². The highest BCUT2D eigenvalue weighted by atomic mass is 16.4.